The number of rotatable bonds is 7. The minimum Gasteiger partial charge on any atom is -0.509 e. The van der Waals surface area contributed by atoms with E-state index in [1.165, 1.54) is 11.1 Å². The van der Waals surface area contributed by atoms with Crippen LogP contribution in [-0.4, -0.2) is 9.55 Å². The first-order valence-electron chi connectivity index (χ1n) is 27.9. The Balaban J connectivity index is 0.00000675. The monoisotopic (exact) mass is 1140 g/mol. The van der Waals surface area contributed by atoms with E-state index >= 15 is 0 Å². The van der Waals surface area contributed by atoms with Crippen molar-refractivity contribution in [3.63, 3.8) is 0 Å². The van der Waals surface area contributed by atoms with Gasteiger partial charge < -0.3 is 23.5 Å². The average molecular weight is 1140 g/mol. The number of fused-ring (bicyclic) bond motifs is 7. The first-order chi connectivity index (χ1) is 37.5. The molecule has 0 saturated carbocycles. The van der Waals surface area contributed by atoms with Crippen molar-refractivity contribution in [2.45, 2.75) is 78.6 Å². The van der Waals surface area contributed by atoms with Gasteiger partial charge in [-0.25, -0.2) is 4.98 Å². The number of benzene rings is 8. The molecule has 0 spiro atoms. The second-order valence-electron chi connectivity index (χ2n) is 21.7. The molecule has 0 radical (unpaired) electrons. The molecule has 1 aliphatic heterocycles. The van der Waals surface area contributed by atoms with Crippen molar-refractivity contribution in [2.75, 3.05) is 9.80 Å². The zero-order valence-corrected chi connectivity index (χ0v) is 44.5. The summed E-state index contributed by atoms with van der Waals surface area (Å²) >= 11 is 0. The van der Waals surface area contributed by atoms with Crippen molar-refractivity contribution in [3.8, 4) is 39.6 Å². The molecular weight excluding hydrogens is 1080 g/mol. The van der Waals surface area contributed by atoms with Crippen molar-refractivity contribution in [2.24, 2.45) is 0 Å². The van der Waals surface area contributed by atoms with Gasteiger partial charge in [-0.15, -0.1) is 48.3 Å². The van der Waals surface area contributed by atoms with Gasteiger partial charge in [-0.1, -0.05) is 164 Å². The fourth-order valence-corrected chi connectivity index (χ4v) is 9.83. The minimum absolute atomic E-state index is 0. The Labute approximate surface area is 453 Å². The van der Waals surface area contributed by atoms with Crippen molar-refractivity contribution in [3.05, 3.63) is 211 Å². The third kappa shape index (κ3) is 8.60. The number of anilines is 4. The SMILES string of the molecule is [2H]c1c([2H])c([2H])c2c(oc3c([2H])c([2H])c(-c4cc(Oc5[c-]c(N6[CH-]N(c7cc(C(C)(C)C)cc(C(C)(C)C)c7)c7ccccc76)ccc5)[c-]c5c4c4ccccc4n5-c4cc(C(C)(C)C)c(-c5ccccc5)cn4)c([2H])c32)c1[2H].[Pt]. The van der Waals surface area contributed by atoms with E-state index in [1.54, 1.807) is 6.07 Å². The van der Waals surface area contributed by atoms with Gasteiger partial charge in [-0.3, -0.25) is 0 Å². The Hall–Kier alpha value is -7.40. The first-order valence-corrected chi connectivity index (χ1v) is 24.4. The van der Waals surface area contributed by atoms with Gasteiger partial charge in [0.1, 0.15) is 17.0 Å². The molecule has 0 unspecified atom stereocenters. The van der Waals surface area contributed by atoms with E-state index in [4.69, 9.17) is 19.6 Å². The van der Waals surface area contributed by atoms with Crippen LogP contribution in [0.2, 0.25) is 0 Å². The summed E-state index contributed by atoms with van der Waals surface area (Å²) in [5.41, 5.74) is 10.2. The molecule has 1 aliphatic rings. The molecule has 0 bridgehead atoms. The summed E-state index contributed by atoms with van der Waals surface area (Å²) in [6, 6.07) is 47.1. The van der Waals surface area contributed by atoms with Crippen LogP contribution in [0.5, 0.6) is 11.5 Å². The van der Waals surface area contributed by atoms with E-state index in [0.29, 0.717) is 33.7 Å². The van der Waals surface area contributed by atoms with Crippen LogP contribution < -0.4 is 14.5 Å². The maximum absolute atomic E-state index is 9.99. The quantitative estimate of drug-likeness (QED) is 0.149. The molecule has 0 amide bonds. The van der Waals surface area contributed by atoms with Gasteiger partial charge in [-0.2, -0.15) is 6.07 Å². The normalized spacial score (nSPS) is 14.4. The van der Waals surface area contributed by atoms with E-state index in [1.807, 2.05) is 83.6 Å². The van der Waals surface area contributed by atoms with Crippen LogP contribution in [0.3, 0.4) is 0 Å². The molecule has 0 saturated heterocycles. The zero-order chi connectivity index (χ0) is 55.8. The third-order valence-electron chi connectivity index (χ3n) is 13.6. The van der Waals surface area contributed by atoms with Gasteiger partial charge in [0.2, 0.25) is 0 Å². The zero-order valence-electron chi connectivity index (χ0n) is 49.2. The van der Waals surface area contributed by atoms with Crippen LogP contribution in [0, 0.1) is 18.8 Å². The summed E-state index contributed by atoms with van der Waals surface area (Å²) in [4.78, 5) is 9.49. The van der Waals surface area contributed by atoms with Gasteiger partial charge >= 0.3 is 0 Å². The average Bonchev–Trinajstić information content (AvgIpc) is 4.14. The number of hydrogen-bond acceptors (Lipinski definition) is 5. The van der Waals surface area contributed by atoms with Crippen molar-refractivity contribution in [1.29, 1.82) is 0 Å². The molecule has 73 heavy (non-hydrogen) atoms. The molecular formula is C66H57N4O2Pt-3. The standard InChI is InChI=1S/C66H57N4O2.Pt/c1-64(2,3)44-33-45(65(4,5)6)35-47(34-44)69-41-68(57-27-16-17-28-58(57)69)46-22-19-23-48(36-46)71-49-37-52(43-30-31-61-53(32-43)50-24-14-18-29-60(50)72-61)63-51-25-13-15-26-56(51)70(59(63)38-49)62-39-55(66(7,8)9)54(40-67-62)42-20-11-10-12-21-42;/h10-35,37,39-41H,1-9H3;/q-3;/i14D,18D,24D,29D,30D,31D,32D;. The van der Waals surface area contributed by atoms with Gasteiger partial charge in [0, 0.05) is 77.7 Å². The van der Waals surface area contributed by atoms with Crippen molar-refractivity contribution < 1.29 is 39.8 Å². The second-order valence-corrected chi connectivity index (χ2v) is 21.7. The first kappa shape index (κ1) is 40.1. The molecule has 8 aromatic carbocycles. The molecule has 3 aromatic heterocycles. The largest absolute Gasteiger partial charge is 0.509 e. The number of ether oxygens (including phenoxy) is 1. The summed E-state index contributed by atoms with van der Waals surface area (Å²) in [6.07, 6.45) is 1.91. The number of nitrogens with zero attached hydrogens (tertiary/aromatic N) is 4. The topological polar surface area (TPSA) is 46.7 Å². The van der Waals surface area contributed by atoms with E-state index < -0.39 is 24.2 Å². The van der Waals surface area contributed by atoms with Gasteiger partial charge in [0.05, 0.1) is 9.60 Å². The molecule has 366 valence electrons. The summed E-state index contributed by atoms with van der Waals surface area (Å²) in [7, 11) is 0. The predicted octanol–water partition coefficient (Wildman–Crippen LogP) is 18.1. The molecule has 12 rings (SSSR count). The van der Waals surface area contributed by atoms with E-state index in [0.717, 1.165) is 44.7 Å². The van der Waals surface area contributed by atoms with Crippen LogP contribution in [0.25, 0.3) is 71.8 Å². The summed E-state index contributed by atoms with van der Waals surface area (Å²) < 4.78 is 78.8. The number of hydrogen-bond donors (Lipinski definition) is 0. The third-order valence-corrected chi connectivity index (χ3v) is 13.6. The summed E-state index contributed by atoms with van der Waals surface area (Å²) in [6.45, 7) is 22.1. The number of para-hydroxylation sites is 4. The molecule has 6 nitrogen and oxygen atoms in total. The Bertz CT molecular complexity index is 4290. The van der Waals surface area contributed by atoms with Crippen LogP contribution in [0.15, 0.2) is 180 Å². The number of furan rings is 1. The van der Waals surface area contributed by atoms with E-state index in [9.17, 15) is 4.11 Å². The molecule has 0 N–H and O–H groups in total. The Morgan fingerprint density at radius 3 is 2.01 bits per heavy atom. The molecule has 0 fully saturated rings. The van der Waals surface area contributed by atoms with Gasteiger partial charge in [0.15, 0.2) is 0 Å². The van der Waals surface area contributed by atoms with Crippen molar-refractivity contribution >= 4 is 66.5 Å². The minimum atomic E-state index is -0.499. The van der Waals surface area contributed by atoms with Crippen molar-refractivity contribution in [1.82, 2.24) is 9.55 Å². The van der Waals surface area contributed by atoms with E-state index in [-0.39, 0.29) is 88.7 Å². The molecule has 11 aromatic rings. The fraction of sp³-hybridized carbons (Fsp3) is 0.182. The smallest absolute Gasteiger partial charge is 0.135 e. The Morgan fingerprint density at radius 1 is 0.589 bits per heavy atom. The van der Waals surface area contributed by atoms with Crippen LogP contribution >= 0.6 is 0 Å². The second kappa shape index (κ2) is 18.0. The van der Waals surface area contributed by atoms with E-state index in [2.05, 4.69) is 139 Å². The molecule has 0 atom stereocenters. The van der Waals surface area contributed by atoms with Crippen LogP contribution in [0.4, 0.5) is 22.7 Å². The number of pyridine rings is 1. The molecule has 0 aliphatic carbocycles. The summed E-state index contributed by atoms with van der Waals surface area (Å²) in [5, 5.41) is 1.35. The van der Waals surface area contributed by atoms with Crippen LogP contribution in [-0.2, 0) is 37.3 Å². The Kier molecular flexibility index (Phi) is 9.87. The predicted molar refractivity (Wildman–Crippen MR) is 298 cm³/mol. The van der Waals surface area contributed by atoms with Gasteiger partial charge in [-0.05, 0) is 104 Å². The van der Waals surface area contributed by atoms with Crippen LogP contribution in [0.1, 0.15) is 88.6 Å². The number of aromatic nitrogens is 2. The maximum atomic E-state index is 9.99. The fourth-order valence-electron chi connectivity index (χ4n) is 9.83. The molecule has 7 heteroatoms. The molecule has 4 heterocycles. The maximum Gasteiger partial charge on any atom is 0.135 e. The summed E-state index contributed by atoms with van der Waals surface area (Å²) in [5.74, 6) is 1.19. The van der Waals surface area contributed by atoms with Gasteiger partial charge in [0.25, 0.3) is 0 Å². The Morgan fingerprint density at radius 2 is 1.27 bits per heavy atom.